The van der Waals surface area contributed by atoms with Crippen LogP contribution in [-0.2, 0) is 4.79 Å². The fraction of sp³-hybridized carbons (Fsp3) is 0.353. The van der Waals surface area contributed by atoms with E-state index in [-0.39, 0.29) is 11.9 Å². The predicted molar refractivity (Wildman–Crippen MR) is 95.1 cm³/mol. The van der Waals surface area contributed by atoms with Crippen LogP contribution < -0.4 is 16.0 Å². The lowest BCUT2D eigenvalue weighted by molar-refractivity contribution is -0.122. The standard InChI is InChI=1S/C17H20N4O2S/c1-11-19-15(10-24-11)12-6-2-3-7-13(12)20-17(23)21-14-8-4-5-9-18-16(14)22/h2-3,6-7,10,14H,4-5,8-9H2,1H3,(H,18,22)(H2,20,21,23)/t14-/m1/s1. The highest BCUT2D eigenvalue weighted by atomic mass is 32.1. The van der Waals surface area contributed by atoms with Gasteiger partial charge >= 0.3 is 6.03 Å². The lowest BCUT2D eigenvalue weighted by atomic mass is 10.1. The predicted octanol–water partition coefficient (Wildman–Crippen LogP) is 2.91. The van der Waals surface area contributed by atoms with Crippen LogP contribution in [0.25, 0.3) is 11.3 Å². The average Bonchev–Trinajstić information content (AvgIpc) is 2.90. The van der Waals surface area contributed by atoms with Gasteiger partial charge in [0.15, 0.2) is 0 Å². The summed E-state index contributed by atoms with van der Waals surface area (Å²) < 4.78 is 0. The molecule has 126 valence electrons. The maximum Gasteiger partial charge on any atom is 0.319 e. The van der Waals surface area contributed by atoms with Gasteiger partial charge in [0.25, 0.3) is 0 Å². The summed E-state index contributed by atoms with van der Waals surface area (Å²) in [7, 11) is 0. The summed E-state index contributed by atoms with van der Waals surface area (Å²) in [4.78, 5) is 28.7. The normalized spacial score (nSPS) is 17.7. The van der Waals surface area contributed by atoms with Gasteiger partial charge in [-0.15, -0.1) is 11.3 Å². The Labute approximate surface area is 144 Å². The molecule has 1 atom stereocenters. The molecule has 24 heavy (non-hydrogen) atoms. The van der Waals surface area contributed by atoms with E-state index in [9.17, 15) is 9.59 Å². The first-order valence-corrected chi connectivity index (χ1v) is 8.88. The van der Waals surface area contributed by atoms with Crippen LogP contribution in [0, 0.1) is 6.92 Å². The zero-order valence-corrected chi connectivity index (χ0v) is 14.3. The third-order valence-corrected chi connectivity index (χ3v) is 4.68. The molecule has 0 aliphatic carbocycles. The van der Waals surface area contributed by atoms with Gasteiger partial charge in [-0.3, -0.25) is 4.79 Å². The SMILES string of the molecule is Cc1nc(-c2ccccc2NC(=O)N[C@@H]2CCCCNC2=O)cs1. The van der Waals surface area contributed by atoms with Crippen LogP contribution in [0.2, 0.25) is 0 Å². The molecule has 7 heteroatoms. The number of amides is 3. The Morgan fingerprint density at radius 1 is 1.33 bits per heavy atom. The first-order valence-electron chi connectivity index (χ1n) is 8.00. The van der Waals surface area contributed by atoms with Gasteiger partial charge in [0.2, 0.25) is 5.91 Å². The highest BCUT2D eigenvalue weighted by Crippen LogP contribution is 2.28. The molecule has 0 unspecified atom stereocenters. The summed E-state index contributed by atoms with van der Waals surface area (Å²) in [5.74, 6) is -0.119. The number of thiazole rings is 1. The number of para-hydroxylation sites is 1. The second-order valence-corrected chi connectivity index (χ2v) is 6.80. The van der Waals surface area contributed by atoms with Crippen molar-refractivity contribution in [1.29, 1.82) is 0 Å². The maximum atomic E-state index is 12.3. The number of aryl methyl sites for hydroxylation is 1. The Morgan fingerprint density at radius 2 is 2.17 bits per heavy atom. The molecule has 1 fully saturated rings. The van der Waals surface area contributed by atoms with Crippen molar-refractivity contribution in [1.82, 2.24) is 15.6 Å². The number of nitrogens with zero attached hydrogens (tertiary/aromatic N) is 1. The molecule has 1 saturated heterocycles. The summed E-state index contributed by atoms with van der Waals surface area (Å²) in [5.41, 5.74) is 2.37. The average molecular weight is 344 g/mol. The Morgan fingerprint density at radius 3 is 2.96 bits per heavy atom. The third-order valence-electron chi connectivity index (χ3n) is 3.91. The fourth-order valence-corrected chi connectivity index (χ4v) is 3.31. The van der Waals surface area contributed by atoms with Crippen LogP contribution in [0.15, 0.2) is 29.6 Å². The smallest absolute Gasteiger partial charge is 0.319 e. The molecule has 0 saturated carbocycles. The summed E-state index contributed by atoms with van der Waals surface area (Å²) in [5, 5.41) is 11.4. The van der Waals surface area contributed by atoms with Gasteiger partial charge in [-0.25, -0.2) is 9.78 Å². The molecule has 6 nitrogen and oxygen atoms in total. The Hall–Kier alpha value is -2.41. The largest absolute Gasteiger partial charge is 0.354 e. The molecule has 0 radical (unpaired) electrons. The monoisotopic (exact) mass is 344 g/mol. The summed E-state index contributed by atoms with van der Waals surface area (Å²) >= 11 is 1.57. The molecule has 2 aromatic rings. The van der Waals surface area contributed by atoms with E-state index in [2.05, 4.69) is 20.9 Å². The molecule has 3 rings (SSSR count). The van der Waals surface area contributed by atoms with Crippen LogP contribution in [0.4, 0.5) is 10.5 Å². The lowest BCUT2D eigenvalue weighted by Gasteiger charge is -2.16. The van der Waals surface area contributed by atoms with Crippen LogP contribution in [0.3, 0.4) is 0 Å². The van der Waals surface area contributed by atoms with Crippen molar-refractivity contribution >= 4 is 29.0 Å². The van der Waals surface area contributed by atoms with E-state index in [1.54, 1.807) is 11.3 Å². The second-order valence-electron chi connectivity index (χ2n) is 5.74. The van der Waals surface area contributed by atoms with Gasteiger partial charge in [-0.1, -0.05) is 18.2 Å². The number of carbonyl (C=O) groups is 2. The number of aromatic nitrogens is 1. The molecule has 1 aliphatic heterocycles. The van der Waals surface area contributed by atoms with Crippen LogP contribution >= 0.6 is 11.3 Å². The number of hydrogen-bond donors (Lipinski definition) is 3. The molecule has 0 spiro atoms. The third kappa shape index (κ3) is 3.91. The minimum atomic E-state index is -0.485. The van der Waals surface area contributed by atoms with Crippen molar-refractivity contribution in [3.8, 4) is 11.3 Å². The Balaban J connectivity index is 1.71. The van der Waals surface area contributed by atoms with Gasteiger partial charge < -0.3 is 16.0 Å². The first kappa shape index (κ1) is 16.4. The zero-order valence-electron chi connectivity index (χ0n) is 13.5. The van der Waals surface area contributed by atoms with Crippen molar-refractivity contribution < 1.29 is 9.59 Å². The summed E-state index contributed by atoms with van der Waals surface area (Å²) in [6, 6.07) is 6.65. The maximum absolute atomic E-state index is 12.3. The van der Waals surface area contributed by atoms with Gasteiger partial charge in [0.05, 0.1) is 16.4 Å². The Kier molecular flexibility index (Phi) is 5.10. The number of benzene rings is 1. The fourth-order valence-electron chi connectivity index (χ4n) is 2.70. The van der Waals surface area contributed by atoms with E-state index in [1.807, 2.05) is 36.6 Å². The van der Waals surface area contributed by atoms with Crippen molar-refractivity contribution in [2.45, 2.75) is 32.2 Å². The van der Waals surface area contributed by atoms with Crippen molar-refractivity contribution in [3.63, 3.8) is 0 Å². The molecule has 3 amide bonds. The van der Waals surface area contributed by atoms with Gasteiger partial charge in [-0.05, 0) is 32.3 Å². The van der Waals surface area contributed by atoms with E-state index >= 15 is 0 Å². The topological polar surface area (TPSA) is 83.1 Å². The quantitative estimate of drug-likeness (QED) is 0.800. The molecule has 1 aromatic carbocycles. The van der Waals surface area contributed by atoms with Gasteiger partial charge in [0, 0.05) is 17.5 Å². The molecule has 1 aliphatic rings. The zero-order chi connectivity index (χ0) is 16.9. The van der Waals surface area contributed by atoms with Gasteiger partial charge in [0.1, 0.15) is 6.04 Å². The molecule has 1 aromatic heterocycles. The van der Waals surface area contributed by atoms with E-state index in [1.165, 1.54) is 0 Å². The summed E-state index contributed by atoms with van der Waals surface area (Å²) in [6.45, 7) is 2.62. The number of anilines is 1. The minimum Gasteiger partial charge on any atom is -0.354 e. The van der Waals surface area contributed by atoms with Crippen molar-refractivity contribution in [2.75, 3.05) is 11.9 Å². The number of carbonyl (C=O) groups excluding carboxylic acids is 2. The second kappa shape index (κ2) is 7.44. The number of nitrogens with one attached hydrogen (secondary N) is 3. The van der Waals surface area contributed by atoms with Gasteiger partial charge in [-0.2, -0.15) is 0 Å². The highest BCUT2D eigenvalue weighted by Gasteiger charge is 2.22. The van der Waals surface area contributed by atoms with E-state index in [4.69, 9.17) is 0 Å². The molecular weight excluding hydrogens is 324 g/mol. The number of urea groups is 1. The van der Waals surface area contributed by atoms with E-state index in [0.29, 0.717) is 18.7 Å². The molecule has 3 N–H and O–H groups in total. The number of hydrogen-bond acceptors (Lipinski definition) is 4. The minimum absolute atomic E-state index is 0.119. The molecule has 0 bridgehead atoms. The lowest BCUT2D eigenvalue weighted by Crippen LogP contribution is -2.47. The number of rotatable bonds is 3. The van der Waals surface area contributed by atoms with Crippen LogP contribution in [-0.4, -0.2) is 29.5 Å². The van der Waals surface area contributed by atoms with E-state index < -0.39 is 6.04 Å². The van der Waals surface area contributed by atoms with Crippen molar-refractivity contribution in [3.05, 3.63) is 34.7 Å². The van der Waals surface area contributed by atoms with Crippen LogP contribution in [0.5, 0.6) is 0 Å². The Bertz CT molecular complexity index is 744. The van der Waals surface area contributed by atoms with Crippen molar-refractivity contribution in [2.24, 2.45) is 0 Å². The summed E-state index contributed by atoms with van der Waals surface area (Å²) in [6.07, 6.45) is 2.52. The molecule has 2 heterocycles. The highest BCUT2D eigenvalue weighted by molar-refractivity contribution is 7.09. The molecular formula is C17H20N4O2S. The first-order chi connectivity index (χ1) is 11.6. The van der Waals surface area contributed by atoms with Crippen LogP contribution in [0.1, 0.15) is 24.3 Å². The van der Waals surface area contributed by atoms with E-state index in [0.717, 1.165) is 29.1 Å².